The van der Waals surface area contributed by atoms with E-state index in [0.717, 1.165) is 40.4 Å². The second-order valence-corrected chi connectivity index (χ2v) is 5.02. The Morgan fingerprint density at radius 2 is 2.29 bits per heavy atom. The van der Waals surface area contributed by atoms with Crippen molar-refractivity contribution in [3.8, 4) is 0 Å². The van der Waals surface area contributed by atoms with Crippen molar-refractivity contribution in [2.24, 2.45) is 0 Å². The van der Waals surface area contributed by atoms with Crippen LogP contribution in [0, 0.1) is 0 Å². The first-order valence-corrected chi connectivity index (χ1v) is 6.55. The van der Waals surface area contributed by atoms with Crippen LogP contribution in [0.1, 0.15) is 11.4 Å². The van der Waals surface area contributed by atoms with Crippen LogP contribution in [0.3, 0.4) is 0 Å². The summed E-state index contributed by atoms with van der Waals surface area (Å²) in [6, 6.07) is 5.87. The van der Waals surface area contributed by atoms with E-state index in [1.165, 1.54) is 0 Å². The molecule has 0 aliphatic heterocycles. The molecule has 2 aromatic rings. The molecule has 0 radical (unpaired) electrons. The Morgan fingerprint density at radius 3 is 3.06 bits per heavy atom. The van der Waals surface area contributed by atoms with Gasteiger partial charge < -0.3 is 10.3 Å². The normalized spacial score (nSPS) is 10.7. The molecule has 2 N–H and O–H groups in total. The topological polar surface area (TPSA) is 40.7 Å². The Balaban J connectivity index is 1.80. The molecule has 1 heterocycles. The van der Waals surface area contributed by atoms with E-state index in [4.69, 9.17) is 11.6 Å². The molecule has 2 rings (SSSR count). The monoisotopic (exact) mass is 313 g/mol. The van der Waals surface area contributed by atoms with Gasteiger partial charge in [0.2, 0.25) is 0 Å². The predicted octanol–water partition coefficient (Wildman–Crippen LogP) is 3.16. The minimum atomic E-state index is 0.763. The van der Waals surface area contributed by atoms with Crippen molar-refractivity contribution in [1.29, 1.82) is 0 Å². The summed E-state index contributed by atoms with van der Waals surface area (Å²) in [6.45, 7) is 1.63. The van der Waals surface area contributed by atoms with Crippen molar-refractivity contribution in [1.82, 2.24) is 15.3 Å². The zero-order chi connectivity index (χ0) is 12.1. The molecule has 0 unspecified atom stereocenters. The maximum absolute atomic E-state index is 6.10. The molecule has 0 fully saturated rings. The van der Waals surface area contributed by atoms with Gasteiger partial charge in [0.05, 0.1) is 0 Å². The summed E-state index contributed by atoms with van der Waals surface area (Å²) in [5, 5.41) is 4.13. The van der Waals surface area contributed by atoms with Crippen molar-refractivity contribution >= 4 is 27.5 Å². The number of halogens is 2. The van der Waals surface area contributed by atoms with Crippen LogP contribution in [0.25, 0.3) is 0 Å². The lowest BCUT2D eigenvalue weighted by molar-refractivity contribution is 0.674. The van der Waals surface area contributed by atoms with E-state index in [2.05, 4.69) is 31.2 Å². The average molecular weight is 315 g/mol. The van der Waals surface area contributed by atoms with Gasteiger partial charge in [-0.2, -0.15) is 0 Å². The fraction of sp³-hybridized carbons (Fsp3) is 0.250. The molecule has 17 heavy (non-hydrogen) atoms. The number of aromatic nitrogens is 2. The molecule has 0 amide bonds. The predicted molar refractivity (Wildman–Crippen MR) is 73.2 cm³/mol. The van der Waals surface area contributed by atoms with Gasteiger partial charge in [-0.3, -0.25) is 0 Å². The number of H-pyrrole nitrogens is 1. The second-order valence-electron chi connectivity index (χ2n) is 3.70. The van der Waals surface area contributed by atoms with Crippen molar-refractivity contribution in [3.63, 3.8) is 0 Å². The summed E-state index contributed by atoms with van der Waals surface area (Å²) < 4.78 is 1.05. The molecule has 0 atom stereocenters. The third kappa shape index (κ3) is 3.84. The minimum Gasteiger partial charge on any atom is -0.349 e. The molecule has 0 aliphatic rings. The van der Waals surface area contributed by atoms with E-state index in [-0.39, 0.29) is 0 Å². The Bertz CT molecular complexity index is 471. The van der Waals surface area contributed by atoms with Crippen molar-refractivity contribution in [2.45, 2.75) is 13.0 Å². The fourth-order valence-corrected chi connectivity index (χ4v) is 2.14. The van der Waals surface area contributed by atoms with E-state index < -0.39 is 0 Å². The van der Waals surface area contributed by atoms with Gasteiger partial charge in [-0.15, -0.1) is 0 Å². The van der Waals surface area contributed by atoms with Crippen molar-refractivity contribution in [2.75, 3.05) is 6.54 Å². The smallest absolute Gasteiger partial charge is 0.107 e. The van der Waals surface area contributed by atoms with E-state index in [9.17, 15) is 0 Å². The van der Waals surface area contributed by atoms with Crippen LogP contribution in [-0.4, -0.2) is 16.5 Å². The van der Waals surface area contributed by atoms with E-state index in [0.29, 0.717) is 0 Å². The van der Waals surface area contributed by atoms with Gasteiger partial charge in [-0.05, 0) is 23.8 Å². The second kappa shape index (κ2) is 6.19. The molecule has 90 valence electrons. The lowest BCUT2D eigenvalue weighted by atomic mass is 10.2. The third-order valence-electron chi connectivity index (χ3n) is 2.42. The van der Waals surface area contributed by atoms with Gasteiger partial charge in [-0.25, -0.2) is 4.98 Å². The number of rotatable bonds is 5. The lowest BCUT2D eigenvalue weighted by Gasteiger charge is -2.06. The summed E-state index contributed by atoms with van der Waals surface area (Å²) in [4.78, 5) is 7.23. The first kappa shape index (κ1) is 12.6. The maximum Gasteiger partial charge on any atom is 0.107 e. The molecule has 0 saturated heterocycles. The number of benzene rings is 1. The van der Waals surface area contributed by atoms with E-state index in [1.54, 1.807) is 6.20 Å². The number of nitrogens with zero attached hydrogens (tertiary/aromatic N) is 1. The minimum absolute atomic E-state index is 0.763. The van der Waals surface area contributed by atoms with Gasteiger partial charge in [0.1, 0.15) is 5.82 Å². The molecular weight excluding hydrogens is 302 g/mol. The van der Waals surface area contributed by atoms with E-state index >= 15 is 0 Å². The molecule has 1 aromatic heterocycles. The molecular formula is C12H13BrClN3. The quantitative estimate of drug-likeness (QED) is 0.832. The summed E-state index contributed by atoms with van der Waals surface area (Å²) in [5.41, 5.74) is 1.10. The van der Waals surface area contributed by atoms with Gasteiger partial charge in [0.15, 0.2) is 0 Å². The lowest BCUT2D eigenvalue weighted by Crippen LogP contribution is -2.17. The summed E-state index contributed by atoms with van der Waals surface area (Å²) in [6.07, 6.45) is 4.49. The standard InChI is InChI=1S/C12H13BrClN3/c13-10-1-2-11(14)9(7-10)8-15-4-3-12-16-5-6-17-12/h1-2,5-7,15H,3-4,8H2,(H,16,17). The molecule has 0 saturated carbocycles. The molecule has 5 heteroatoms. The van der Waals surface area contributed by atoms with Gasteiger partial charge in [0, 0.05) is 41.4 Å². The number of hydrogen-bond donors (Lipinski definition) is 2. The number of aromatic amines is 1. The summed E-state index contributed by atoms with van der Waals surface area (Å²) >= 11 is 9.53. The summed E-state index contributed by atoms with van der Waals surface area (Å²) in [5.74, 6) is 0.998. The van der Waals surface area contributed by atoms with Crippen LogP contribution in [0.4, 0.5) is 0 Å². The van der Waals surface area contributed by atoms with Crippen LogP contribution >= 0.6 is 27.5 Å². The van der Waals surface area contributed by atoms with Crippen molar-refractivity contribution in [3.05, 3.63) is 51.5 Å². The fourth-order valence-electron chi connectivity index (χ4n) is 1.54. The van der Waals surface area contributed by atoms with Gasteiger partial charge in [-0.1, -0.05) is 27.5 Å². The van der Waals surface area contributed by atoms with Crippen LogP contribution in [-0.2, 0) is 13.0 Å². The molecule has 1 aromatic carbocycles. The highest BCUT2D eigenvalue weighted by atomic mass is 79.9. The Labute approximate surface area is 114 Å². The Morgan fingerprint density at radius 1 is 1.41 bits per heavy atom. The Kier molecular flexibility index (Phi) is 4.59. The number of hydrogen-bond acceptors (Lipinski definition) is 2. The highest BCUT2D eigenvalue weighted by Crippen LogP contribution is 2.20. The molecule has 3 nitrogen and oxygen atoms in total. The zero-order valence-corrected chi connectivity index (χ0v) is 11.6. The average Bonchev–Trinajstić information content (AvgIpc) is 2.82. The van der Waals surface area contributed by atoms with Crippen molar-refractivity contribution < 1.29 is 0 Å². The largest absolute Gasteiger partial charge is 0.349 e. The first-order chi connectivity index (χ1) is 8.25. The van der Waals surface area contributed by atoms with Crippen LogP contribution in [0.5, 0.6) is 0 Å². The molecule has 0 spiro atoms. The van der Waals surface area contributed by atoms with Crippen LogP contribution < -0.4 is 5.32 Å². The van der Waals surface area contributed by atoms with Crippen LogP contribution in [0.2, 0.25) is 5.02 Å². The Hall–Kier alpha value is -0.840. The molecule has 0 aliphatic carbocycles. The highest BCUT2D eigenvalue weighted by Gasteiger charge is 2.01. The SMILES string of the molecule is Clc1ccc(Br)cc1CNCCc1ncc[nH]1. The maximum atomic E-state index is 6.10. The third-order valence-corrected chi connectivity index (χ3v) is 3.28. The number of imidazole rings is 1. The number of nitrogens with one attached hydrogen (secondary N) is 2. The van der Waals surface area contributed by atoms with E-state index in [1.807, 2.05) is 24.4 Å². The van der Waals surface area contributed by atoms with Gasteiger partial charge in [0.25, 0.3) is 0 Å². The molecule has 0 bridgehead atoms. The highest BCUT2D eigenvalue weighted by molar-refractivity contribution is 9.10. The summed E-state index contributed by atoms with van der Waals surface area (Å²) in [7, 11) is 0. The first-order valence-electron chi connectivity index (χ1n) is 5.38. The van der Waals surface area contributed by atoms with Crippen LogP contribution in [0.15, 0.2) is 35.1 Å². The van der Waals surface area contributed by atoms with Gasteiger partial charge >= 0.3 is 0 Å². The zero-order valence-electron chi connectivity index (χ0n) is 9.21.